The Bertz CT molecular complexity index is 1430. The largest absolute Gasteiger partial charge is 0.298 e. The van der Waals surface area contributed by atoms with Crippen molar-refractivity contribution in [3.05, 3.63) is 101 Å². The van der Waals surface area contributed by atoms with Crippen molar-refractivity contribution in [3.8, 4) is 0 Å². The van der Waals surface area contributed by atoms with Gasteiger partial charge in [0.15, 0.2) is 5.78 Å². The van der Waals surface area contributed by atoms with Crippen LogP contribution in [0.3, 0.4) is 0 Å². The number of carbonyl (C=O) groups is 3. The molecule has 0 N–H and O–H groups in total. The Morgan fingerprint density at radius 3 is 1.83 bits per heavy atom. The van der Waals surface area contributed by atoms with E-state index in [0.717, 1.165) is 22.3 Å². The summed E-state index contributed by atoms with van der Waals surface area (Å²) in [5.74, 6) is -2.26. The number of fused-ring (bicyclic) bond motifs is 5. The summed E-state index contributed by atoms with van der Waals surface area (Å²) in [5, 5.41) is 0.336. The van der Waals surface area contributed by atoms with Crippen LogP contribution in [0.1, 0.15) is 31.4 Å². The molecule has 0 radical (unpaired) electrons. The smallest absolute Gasteiger partial charge is 0.239 e. The normalized spacial score (nSPS) is 29.3. The van der Waals surface area contributed by atoms with E-state index in [1.807, 2.05) is 74.5 Å². The van der Waals surface area contributed by atoms with Crippen molar-refractivity contribution in [1.82, 2.24) is 0 Å². The number of hydrogen-bond donors (Lipinski definition) is 0. The first kappa shape index (κ1) is 22.0. The molecule has 5 heteroatoms. The second-order valence-electron chi connectivity index (χ2n) is 9.76. The van der Waals surface area contributed by atoms with Crippen LogP contribution in [0.2, 0.25) is 5.02 Å². The zero-order valence-corrected chi connectivity index (χ0v) is 20.3. The third kappa shape index (κ3) is 2.55. The number of anilines is 1. The third-order valence-corrected chi connectivity index (χ3v) is 8.65. The number of imide groups is 1. The van der Waals surface area contributed by atoms with Crippen LogP contribution in [0.25, 0.3) is 11.1 Å². The predicted molar refractivity (Wildman–Crippen MR) is 136 cm³/mol. The minimum absolute atomic E-state index is 0.0271. The lowest BCUT2D eigenvalue weighted by molar-refractivity contribution is -0.134. The van der Waals surface area contributed by atoms with Gasteiger partial charge < -0.3 is 0 Å². The van der Waals surface area contributed by atoms with Gasteiger partial charge in [0, 0.05) is 0 Å². The van der Waals surface area contributed by atoms with Crippen LogP contribution in [0, 0.1) is 22.7 Å². The molecule has 1 saturated carbocycles. The van der Waals surface area contributed by atoms with Gasteiger partial charge >= 0.3 is 0 Å². The van der Waals surface area contributed by atoms with Gasteiger partial charge in [-0.1, -0.05) is 91.3 Å². The van der Waals surface area contributed by atoms with Gasteiger partial charge in [-0.25, -0.2) is 4.90 Å². The Morgan fingerprint density at radius 2 is 1.26 bits per heavy atom. The molecule has 35 heavy (non-hydrogen) atoms. The highest BCUT2D eigenvalue weighted by molar-refractivity contribution is 6.38. The van der Waals surface area contributed by atoms with Crippen LogP contribution in [0.5, 0.6) is 0 Å². The lowest BCUT2D eigenvalue weighted by Gasteiger charge is -2.37. The topological polar surface area (TPSA) is 54.5 Å². The molecule has 2 fully saturated rings. The van der Waals surface area contributed by atoms with E-state index in [1.54, 1.807) is 24.3 Å². The highest BCUT2D eigenvalue weighted by Crippen LogP contribution is 2.74. The number of ketones is 1. The van der Waals surface area contributed by atoms with Crippen molar-refractivity contribution in [2.45, 2.75) is 20.3 Å². The molecule has 0 aromatic heterocycles. The maximum Gasteiger partial charge on any atom is 0.239 e. The van der Waals surface area contributed by atoms with Crippen LogP contribution in [0.15, 0.2) is 84.9 Å². The molecule has 6 rings (SSSR count). The number of amides is 2. The van der Waals surface area contributed by atoms with Crippen molar-refractivity contribution in [2.75, 3.05) is 4.90 Å². The average Bonchev–Trinajstić information content (AvgIpc) is 3.35. The summed E-state index contributed by atoms with van der Waals surface area (Å²) in [6.07, 6.45) is 0.429. The molecule has 2 aliphatic carbocycles. The van der Waals surface area contributed by atoms with E-state index in [-0.39, 0.29) is 17.6 Å². The molecule has 1 saturated heterocycles. The second-order valence-corrected chi connectivity index (χ2v) is 10.2. The van der Waals surface area contributed by atoms with E-state index in [4.69, 9.17) is 11.6 Å². The number of Topliss-reactive ketones (excluding diaryl/α,β-unsaturated/α-hetero) is 1. The van der Waals surface area contributed by atoms with Crippen molar-refractivity contribution < 1.29 is 14.4 Å². The standard InChI is InChI=1S/C30H24ClNO3/c1-3-30-23(19-14-8-5-9-15-19)22(18-12-6-4-7-13-18)29(2,28(30)35)24-25(30)27(34)32(26(24)33)21-17-11-10-16-20(21)31/h4-17,24-25H,3H2,1-2H3/t24-,25+,29-,30+/m0/s1. The molecular weight excluding hydrogens is 458 g/mol. The highest BCUT2D eigenvalue weighted by Gasteiger charge is 2.79. The molecule has 2 bridgehead atoms. The van der Waals surface area contributed by atoms with Gasteiger partial charge in [-0.05, 0) is 47.8 Å². The second kappa shape index (κ2) is 7.50. The van der Waals surface area contributed by atoms with Crippen LogP contribution in [-0.4, -0.2) is 17.6 Å². The fourth-order valence-electron chi connectivity index (χ4n) is 7.00. The van der Waals surface area contributed by atoms with E-state index in [0.29, 0.717) is 17.1 Å². The van der Waals surface area contributed by atoms with Crippen molar-refractivity contribution in [2.24, 2.45) is 22.7 Å². The van der Waals surface area contributed by atoms with Gasteiger partial charge in [0.1, 0.15) is 0 Å². The fourth-order valence-corrected chi connectivity index (χ4v) is 7.22. The minimum Gasteiger partial charge on any atom is -0.298 e. The number of benzene rings is 3. The summed E-state index contributed by atoms with van der Waals surface area (Å²) in [6, 6.07) is 26.5. The van der Waals surface area contributed by atoms with Gasteiger partial charge in [0.05, 0.1) is 33.4 Å². The summed E-state index contributed by atoms with van der Waals surface area (Å²) >= 11 is 6.44. The quantitative estimate of drug-likeness (QED) is 0.426. The van der Waals surface area contributed by atoms with E-state index >= 15 is 0 Å². The Balaban J connectivity index is 1.66. The summed E-state index contributed by atoms with van der Waals surface area (Å²) in [4.78, 5) is 43.8. The van der Waals surface area contributed by atoms with E-state index in [1.165, 1.54) is 4.90 Å². The number of para-hydroxylation sites is 1. The highest BCUT2D eigenvalue weighted by atomic mass is 35.5. The maximum absolute atomic E-state index is 14.4. The van der Waals surface area contributed by atoms with E-state index in [2.05, 4.69) is 0 Å². The molecule has 3 aromatic rings. The molecule has 0 unspecified atom stereocenters. The third-order valence-electron chi connectivity index (χ3n) is 8.33. The molecular formula is C30H24ClNO3. The van der Waals surface area contributed by atoms with Gasteiger partial charge in [-0.2, -0.15) is 0 Å². The Kier molecular flexibility index (Phi) is 4.71. The monoisotopic (exact) mass is 481 g/mol. The summed E-state index contributed by atoms with van der Waals surface area (Å²) < 4.78 is 0. The molecule has 3 aromatic carbocycles. The average molecular weight is 482 g/mol. The Morgan fingerprint density at radius 1 is 0.743 bits per heavy atom. The van der Waals surface area contributed by atoms with Crippen LogP contribution >= 0.6 is 11.6 Å². The first-order valence-electron chi connectivity index (χ1n) is 11.9. The van der Waals surface area contributed by atoms with Gasteiger partial charge in [0.2, 0.25) is 11.8 Å². The van der Waals surface area contributed by atoms with Crippen LogP contribution in [0.4, 0.5) is 5.69 Å². The molecule has 1 aliphatic heterocycles. The van der Waals surface area contributed by atoms with Crippen LogP contribution < -0.4 is 4.90 Å². The van der Waals surface area contributed by atoms with Crippen molar-refractivity contribution >= 4 is 46.0 Å². The summed E-state index contributed by atoms with van der Waals surface area (Å²) in [6.45, 7) is 3.82. The molecule has 174 valence electrons. The predicted octanol–water partition coefficient (Wildman–Crippen LogP) is 6.06. The lowest BCUT2D eigenvalue weighted by atomic mass is 9.62. The van der Waals surface area contributed by atoms with E-state index < -0.39 is 22.7 Å². The van der Waals surface area contributed by atoms with E-state index in [9.17, 15) is 14.4 Å². The molecule has 1 heterocycles. The maximum atomic E-state index is 14.4. The number of halogens is 1. The minimum atomic E-state index is -1.13. The van der Waals surface area contributed by atoms with Crippen molar-refractivity contribution in [1.29, 1.82) is 0 Å². The number of hydrogen-bond acceptors (Lipinski definition) is 3. The number of carbonyl (C=O) groups excluding carboxylic acids is 3. The summed E-state index contributed by atoms with van der Waals surface area (Å²) in [7, 11) is 0. The number of allylic oxidation sites excluding steroid dienone is 2. The molecule has 3 aliphatic rings. The first-order chi connectivity index (χ1) is 16.9. The van der Waals surface area contributed by atoms with Crippen LogP contribution in [-0.2, 0) is 14.4 Å². The fraction of sp³-hybridized carbons (Fsp3) is 0.233. The zero-order chi connectivity index (χ0) is 24.5. The lowest BCUT2D eigenvalue weighted by Crippen LogP contribution is -2.41. The van der Waals surface area contributed by atoms with Gasteiger partial charge in [0.25, 0.3) is 0 Å². The van der Waals surface area contributed by atoms with Gasteiger partial charge in [-0.3, -0.25) is 14.4 Å². The molecule has 4 nitrogen and oxygen atoms in total. The Labute approximate surface area is 209 Å². The SMILES string of the molecule is CC[C@@]12C(=O)[C@@](C)(C(c3ccccc3)=C1c1ccccc1)[C@@H]1C(=O)N(c3ccccc3Cl)C(=O)[C@@H]12. The molecule has 4 atom stereocenters. The summed E-state index contributed by atoms with van der Waals surface area (Å²) in [5.41, 5.74) is 1.72. The van der Waals surface area contributed by atoms with Crippen molar-refractivity contribution in [3.63, 3.8) is 0 Å². The molecule has 0 spiro atoms. The Hall–Kier alpha value is -3.50. The zero-order valence-electron chi connectivity index (χ0n) is 19.5. The first-order valence-corrected chi connectivity index (χ1v) is 12.3. The molecule has 2 amide bonds. The van der Waals surface area contributed by atoms with Gasteiger partial charge in [-0.15, -0.1) is 0 Å². The number of rotatable bonds is 4. The number of nitrogens with zero attached hydrogens (tertiary/aromatic N) is 1.